The van der Waals surface area contributed by atoms with Crippen molar-refractivity contribution in [3.63, 3.8) is 0 Å². The number of carbonyl (C=O) groups is 2. The first-order chi connectivity index (χ1) is 12.9. The van der Waals surface area contributed by atoms with Gasteiger partial charge in [0.2, 0.25) is 5.91 Å². The van der Waals surface area contributed by atoms with Crippen LogP contribution in [0, 0.1) is 5.92 Å². The standard InChI is InChI=1S/C10H19NO2.C9H16O.C3H8O/c11-10(12)7-4-8-13-9-5-2-1-3-6-9;1-2-9(10)8-6-4-3-5-7-8;1-3(2)4/h9H,1-8H2,(H2,11,12);8H,2-7H2,1H3;3-4H,1-2H3. The number of hydrogen-bond acceptors (Lipinski definition) is 4. The van der Waals surface area contributed by atoms with Crippen LogP contribution >= 0.6 is 0 Å². The Morgan fingerprint density at radius 3 is 1.93 bits per heavy atom. The van der Waals surface area contributed by atoms with E-state index >= 15 is 0 Å². The molecule has 0 aliphatic heterocycles. The Morgan fingerprint density at radius 1 is 1.00 bits per heavy atom. The number of nitrogens with two attached hydrogens (primary N) is 1. The van der Waals surface area contributed by atoms with Gasteiger partial charge in [-0.25, -0.2) is 0 Å². The Morgan fingerprint density at radius 2 is 1.48 bits per heavy atom. The Labute approximate surface area is 166 Å². The second-order valence-corrected chi connectivity index (χ2v) is 7.95. The summed E-state index contributed by atoms with van der Waals surface area (Å²) in [6.45, 7) is 6.10. The van der Waals surface area contributed by atoms with Crippen LogP contribution < -0.4 is 5.73 Å². The Balaban J connectivity index is 0.000000428. The largest absolute Gasteiger partial charge is 0.394 e. The Kier molecular flexibility index (Phi) is 16.6. The van der Waals surface area contributed by atoms with Crippen LogP contribution in [0.4, 0.5) is 0 Å². The van der Waals surface area contributed by atoms with Crippen LogP contribution in [0.25, 0.3) is 0 Å². The smallest absolute Gasteiger partial charge is 0.217 e. The average molecular weight is 386 g/mol. The molecule has 0 spiro atoms. The maximum atomic E-state index is 11.2. The molecule has 5 heteroatoms. The van der Waals surface area contributed by atoms with Crippen LogP contribution in [0.1, 0.15) is 104 Å². The molecule has 2 aliphatic carbocycles. The summed E-state index contributed by atoms with van der Waals surface area (Å²) in [6.07, 6.45) is 14.8. The first-order valence-electron chi connectivity index (χ1n) is 11.0. The minimum Gasteiger partial charge on any atom is -0.394 e. The Bertz CT molecular complexity index is 370. The van der Waals surface area contributed by atoms with E-state index in [4.69, 9.17) is 15.6 Å². The number of hydrogen-bond donors (Lipinski definition) is 2. The van der Waals surface area contributed by atoms with Gasteiger partial charge in [0.25, 0.3) is 0 Å². The van der Waals surface area contributed by atoms with Crippen LogP contribution in [0.5, 0.6) is 0 Å². The predicted molar refractivity (Wildman–Crippen MR) is 110 cm³/mol. The monoisotopic (exact) mass is 385 g/mol. The molecular formula is C22H43NO4. The summed E-state index contributed by atoms with van der Waals surface area (Å²) in [6, 6.07) is 0. The first-order valence-corrected chi connectivity index (χ1v) is 11.0. The van der Waals surface area contributed by atoms with Crippen LogP contribution in [0.2, 0.25) is 0 Å². The fourth-order valence-corrected chi connectivity index (χ4v) is 3.44. The van der Waals surface area contributed by atoms with E-state index in [2.05, 4.69) is 0 Å². The van der Waals surface area contributed by atoms with Crippen LogP contribution in [-0.4, -0.2) is 35.6 Å². The minimum atomic E-state index is -0.229. The van der Waals surface area contributed by atoms with Crippen molar-refractivity contribution in [2.75, 3.05) is 6.61 Å². The number of ether oxygens (including phenoxy) is 1. The molecule has 0 aromatic rings. The molecule has 0 aromatic carbocycles. The molecule has 2 rings (SSSR count). The SMILES string of the molecule is CC(C)O.CCC(=O)C1CCCCC1.NC(=O)CCCOC1CCCCC1. The van der Waals surface area contributed by atoms with Crippen molar-refractivity contribution in [1.82, 2.24) is 0 Å². The van der Waals surface area contributed by atoms with Gasteiger partial charge in [0.1, 0.15) is 5.78 Å². The average Bonchev–Trinajstić information content (AvgIpc) is 2.66. The molecule has 2 aliphatic rings. The molecule has 0 atom stereocenters. The van der Waals surface area contributed by atoms with Gasteiger partial charge in [0.15, 0.2) is 0 Å². The molecule has 2 fully saturated rings. The lowest BCUT2D eigenvalue weighted by atomic mass is 9.85. The van der Waals surface area contributed by atoms with Crippen molar-refractivity contribution >= 4 is 11.7 Å². The zero-order chi connectivity index (χ0) is 20.5. The summed E-state index contributed by atoms with van der Waals surface area (Å²) in [4.78, 5) is 21.6. The molecule has 1 amide bonds. The fourth-order valence-electron chi connectivity index (χ4n) is 3.44. The van der Waals surface area contributed by atoms with E-state index in [0.717, 1.165) is 25.7 Å². The number of primary amides is 1. The zero-order valence-electron chi connectivity index (χ0n) is 17.9. The summed E-state index contributed by atoms with van der Waals surface area (Å²) in [5, 5.41) is 8.06. The van der Waals surface area contributed by atoms with Gasteiger partial charge >= 0.3 is 0 Å². The van der Waals surface area contributed by atoms with E-state index in [1.54, 1.807) is 13.8 Å². The number of rotatable bonds is 7. The van der Waals surface area contributed by atoms with Crippen molar-refractivity contribution in [2.24, 2.45) is 11.7 Å². The molecule has 0 radical (unpaired) electrons. The quantitative estimate of drug-likeness (QED) is 0.630. The summed E-state index contributed by atoms with van der Waals surface area (Å²) >= 11 is 0. The van der Waals surface area contributed by atoms with E-state index in [0.29, 0.717) is 30.8 Å². The topological polar surface area (TPSA) is 89.6 Å². The van der Waals surface area contributed by atoms with Crippen molar-refractivity contribution in [3.8, 4) is 0 Å². The number of aliphatic hydroxyl groups is 1. The molecule has 0 unspecified atom stereocenters. The van der Waals surface area contributed by atoms with Gasteiger partial charge in [-0.15, -0.1) is 0 Å². The van der Waals surface area contributed by atoms with Crippen molar-refractivity contribution in [2.45, 2.75) is 116 Å². The number of ketones is 1. The molecule has 5 nitrogen and oxygen atoms in total. The lowest BCUT2D eigenvalue weighted by Gasteiger charge is -2.21. The van der Waals surface area contributed by atoms with E-state index in [9.17, 15) is 9.59 Å². The van der Waals surface area contributed by atoms with Gasteiger partial charge in [0.05, 0.1) is 6.10 Å². The third kappa shape index (κ3) is 16.9. The third-order valence-corrected chi connectivity index (χ3v) is 4.88. The van der Waals surface area contributed by atoms with Gasteiger partial charge < -0.3 is 15.6 Å². The van der Waals surface area contributed by atoms with Gasteiger partial charge in [-0.2, -0.15) is 0 Å². The van der Waals surface area contributed by atoms with Crippen molar-refractivity contribution < 1.29 is 19.4 Å². The van der Waals surface area contributed by atoms with E-state index in [-0.39, 0.29) is 12.0 Å². The highest BCUT2D eigenvalue weighted by atomic mass is 16.5. The molecule has 0 saturated heterocycles. The maximum Gasteiger partial charge on any atom is 0.217 e. The molecule has 2 saturated carbocycles. The molecule has 160 valence electrons. The zero-order valence-corrected chi connectivity index (χ0v) is 17.9. The van der Waals surface area contributed by atoms with E-state index < -0.39 is 0 Å². The molecule has 27 heavy (non-hydrogen) atoms. The summed E-state index contributed by atoms with van der Waals surface area (Å²) in [7, 11) is 0. The van der Waals surface area contributed by atoms with Crippen LogP contribution in [0.3, 0.4) is 0 Å². The second kappa shape index (κ2) is 17.2. The molecule has 3 N–H and O–H groups in total. The lowest BCUT2D eigenvalue weighted by molar-refractivity contribution is -0.123. The molecule has 0 aromatic heterocycles. The highest BCUT2D eigenvalue weighted by Crippen LogP contribution is 2.24. The van der Waals surface area contributed by atoms with Crippen LogP contribution in [0.15, 0.2) is 0 Å². The van der Waals surface area contributed by atoms with Gasteiger partial charge in [-0.05, 0) is 46.0 Å². The van der Waals surface area contributed by atoms with Gasteiger partial charge in [0, 0.05) is 31.5 Å². The van der Waals surface area contributed by atoms with E-state index in [1.165, 1.54) is 51.4 Å². The minimum absolute atomic E-state index is 0.167. The molecule has 0 bridgehead atoms. The van der Waals surface area contributed by atoms with E-state index in [1.807, 2.05) is 6.92 Å². The summed E-state index contributed by atoms with van der Waals surface area (Å²) < 4.78 is 5.63. The summed E-state index contributed by atoms with van der Waals surface area (Å²) in [5.74, 6) is 0.686. The highest BCUT2D eigenvalue weighted by molar-refractivity contribution is 5.80. The first kappa shape index (κ1) is 26.1. The highest BCUT2D eigenvalue weighted by Gasteiger charge is 2.18. The number of carbonyl (C=O) groups excluding carboxylic acids is 2. The maximum absolute atomic E-state index is 11.2. The lowest BCUT2D eigenvalue weighted by Crippen LogP contribution is -2.18. The normalized spacial score (nSPS) is 18.1. The predicted octanol–water partition coefficient (Wildman–Crippen LogP) is 4.53. The molecule has 0 heterocycles. The van der Waals surface area contributed by atoms with Gasteiger partial charge in [-0.1, -0.05) is 45.4 Å². The summed E-state index contributed by atoms with van der Waals surface area (Å²) in [5.41, 5.74) is 5.02. The second-order valence-electron chi connectivity index (χ2n) is 7.95. The van der Waals surface area contributed by atoms with Crippen molar-refractivity contribution in [3.05, 3.63) is 0 Å². The fraction of sp³-hybridized carbons (Fsp3) is 0.909. The number of amides is 1. The van der Waals surface area contributed by atoms with Crippen molar-refractivity contribution in [1.29, 1.82) is 0 Å². The third-order valence-electron chi connectivity index (χ3n) is 4.88. The van der Waals surface area contributed by atoms with Gasteiger partial charge in [-0.3, -0.25) is 9.59 Å². The Hall–Kier alpha value is -0.940. The van der Waals surface area contributed by atoms with Crippen LogP contribution in [-0.2, 0) is 14.3 Å². The number of Topliss-reactive ketones (excluding diaryl/α,β-unsaturated/α-hetero) is 1. The number of aliphatic hydroxyl groups excluding tert-OH is 1. The molecular weight excluding hydrogens is 342 g/mol.